The predicted molar refractivity (Wildman–Crippen MR) is 66.3 cm³/mol. The zero-order valence-electron chi connectivity index (χ0n) is 9.94. The monoisotopic (exact) mass is 230 g/mol. The topological polar surface area (TPSA) is 24.9 Å². The van der Waals surface area contributed by atoms with Crippen LogP contribution in [0.5, 0.6) is 0 Å². The van der Waals surface area contributed by atoms with E-state index >= 15 is 0 Å². The quantitative estimate of drug-likeness (QED) is 0.877. The summed E-state index contributed by atoms with van der Waals surface area (Å²) in [6.45, 7) is 1.76. The molecule has 0 bridgehead atoms. The first kappa shape index (κ1) is 11.7. The van der Waals surface area contributed by atoms with E-state index in [9.17, 15) is 4.39 Å². The van der Waals surface area contributed by atoms with Crippen LogP contribution in [-0.4, -0.2) is 12.0 Å². The van der Waals surface area contributed by atoms with Crippen molar-refractivity contribution in [1.82, 2.24) is 10.3 Å². The van der Waals surface area contributed by atoms with Crippen LogP contribution in [0.3, 0.4) is 0 Å². The standard InChI is InChI=1S/C14H15FN2/c1-10-3-4-12(9-13(10)15)14(16-2)11-5-7-17-8-6-11/h3-9,14,16H,1-2H3. The van der Waals surface area contributed by atoms with Crippen molar-refractivity contribution in [3.63, 3.8) is 0 Å². The van der Waals surface area contributed by atoms with Gasteiger partial charge in [0.15, 0.2) is 0 Å². The summed E-state index contributed by atoms with van der Waals surface area (Å²) in [5, 5.41) is 3.19. The van der Waals surface area contributed by atoms with Crippen LogP contribution in [0.4, 0.5) is 4.39 Å². The molecule has 1 heterocycles. The van der Waals surface area contributed by atoms with E-state index in [4.69, 9.17) is 0 Å². The second-order valence-corrected chi connectivity index (χ2v) is 4.01. The van der Waals surface area contributed by atoms with Gasteiger partial charge in [-0.15, -0.1) is 0 Å². The summed E-state index contributed by atoms with van der Waals surface area (Å²) >= 11 is 0. The van der Waals surface area contributed by atoms with E-state index in [1.54, 1.807) is 31.5 Å². The summed E-state index contributed by atoms with van der Waals surface area (Å²) in [5.41, 5.74) is 2.66. The first-order valence-electron chi connectivity index (χ1n) is 5.55. The van der Waals surface area contributed by atoms with Gasteiger partial charge in [-0.25, -0.2) is 4.39 Å². The van der Waals surface area contributed by atoms with Crippen molar-refractivity contribution >= 4 is 0 Å². The van der Waals surface area contributed by atoms with Gasteiger partial charge >= 0.3 is 0 Å². The number of halogens is 1. The zero-order valence-corrected chi connectivity index (χ0v) is 9.94. The lowest BCUT2D eigenvalue weighted by atomic mass is 9.99. The molecule has 1 atom stereocenters. The van der Waals surface area contributed by atoms with Gasteiger partial charge in [0.05, 0.1) is 6.04 Å². The van der Waals surface area contributed by atoms with Crippen molar-refractivity contribution in [2.24, 2.45) is 0 Å². The highest BCUT2D eigenvalue weighted by molar-refractivity contribution is 5.33. The third-order valence-corrected chi connectivity index (χ3v) is 2.86. The Bertz CT molecular complexity index is 497. The number of pyridine rings is 1. The van der Waals surface area contributed by atoms with E-state index in [1.807, 2.05) is 25.2 Å². The highest BCUT2D eigenvalue weighted by atomic mass is 19.1. The fourth-order valence-corrected chi connectivity index (χ4v) is 1.87. The second-order valence-electron chi connectivity index (χ2n) is 4.01. The Labute approximate surface area is 101 Å². The number of nitrogens with zero attached hydrogens (tertiary/aromatic N) is 1. The van der Waals surface area contributed by atoms with Gasteiger partial charge in [-0.3, -0.25) is 4.98 Å². The van der Waals surface area contributed by atoms with E-state index in [0.29, 0.717) is 5.56 Å². The van der Waals surface area contributed by atoms with Crippen molar-refractivity contribution in [2.45, 2.75) is 13.0 Å². The minimum Gasteiger partial charge on any atom is -0.309 e. The van der Waals surface area contributed by atoms with E-state index in [1.165, 1.54) is 0 Å². The lowest BCUT2D eigenvalue weighted by Gasteiger charge is -2.17. The Balaban J connectivity index is 2.39. The van der Waals surface area contributed by atoms with Crippen LogP contribution in [0.1, 0.15) is 22.7 Å². The molecule has 0 radical (unpaired) electrons. The highest BCUT2D eigenvalue weighted by Crippen LogP contribution is 2.22. The van der Waals surface area contributed by atoms with Gasteiger partial charge in [0.25, 0.3) is 0 Å². The lowest BCUT2D eigenvalue weighted by molar-refractivity contribution is 0.608. The smallest absolute Gasteiger partial charge is 0.126 e. The van der Waals surface area contributed by atoms with Crippen LogP contribution in [0.15, 0.2) is 42.7 Å². The average molecular weight is 230 g/mol. The molecule has 0 spiro atoms. The van der Waals surface area contributed by atoms with Crippen molar-refractivity contribution in [2.75, 3.05) is 7.05 Å². The molecule has 0 aliphatic rings. The van der Waals surface area contributed by atoms with Crippen LogP contribution < -0.4 is 5.32 Å². The number of nitrogens with one attached hydrogen (secondary N) is 1. The minimum absolute atomic E-state index is 0.00639. The molecule has 0 saturated carbocycles. The van der Waals surface area contributed by atoms with Gasteiger partial charge in [0, 0.05) is 12.4 Å². The molecule has 2 aromatic rings. The highest BCUT2D eigenvalue weighted by Gasteiger charge is 2.12. The minimum atomic E-state index is -0.170. The van der Waals surface area contributed by atoms with Crippen LogP contribution >= 0.6 is 0 Å². The van der Waals surface area contributed by atoms with Crippen molar-refractivity contribution in [3.8, 4) is 0 Å². The number of rotatable bonds is 3. The summed E-state index contributed by atoms with van der Waals surface area (Å²) < 4.78 is 13.6. The first-order chi connectivity index (χ1) is 8.22. The summed E-state index contributed by atoms with van der Waals surface area (Å²) in [5.74, 6) is -0.170. The third-order valence-electron chi connectivity index (χ3n) is 2.86. The molecule has 0 aliphatic heterocycles. The molecular formula is C14H15FN2. The van der Waals surface area contributed by atoms with Crippen LogP contribution in [0.2, 0.25) is 0 Å². The van der Waals surface area contributed by atoms with Gasteiger partial charge in [-0.2, -0.15) is 0 Å². The van der Waals surface area contributed by atoms with Crippen LogP contribution in [0, 0.1) is 12.7 Å². The zero-order chi connectivity index (χ0) is 12.3. The molecule has 0 aliphatic carbocycles. The Morgan fingerprint density at radius 2 is 1.82 bits per heavy atom. The predicted octanol–water partition coefficient (Wildman–Crippen LogP) is 2.84. The summed E-state index contributed by atoms with van der Waals surface area (Å²) in [7, 11) is 1.86. The molecule has 2 rings (SSSR count). The molecule has 0 fully saturated rings. The van der Waals surface area contributed by atoms with E-state index in [0.717, 1.165) is 11.1 Å². The number of aryl methyl sites for hydroxylation is 1. The van der Waals surface area contributed by atoms with Crippen molar-refractivity contribution in [1.29, 1.82) is 0 Å². The molecule has 88 valence electrons. The van der Waals surface area contributed by atoms with Crippen molar-refractivity contribution < 1.29 is 4.39 Å². The van der Waals surface area contributed by atoms with E-state index in [2.05, 4.69) is 10.3 Å². The van der Waals surface area contributed by atoms with Gasteiger partial charge in [-0.05, 0) is 48.9 Å². The molecule has 1 N–H and O–H groups in total. The Morgan fingerprint density at radius 3 is 2.41 bits per heavy atom. The molecule has 1 aromatic heterocycles. The molecule has 1 aromatic carbocycles. The van der Waals surface area contributed by atoms with Crippen LogP contribution in [0.25, 0.3) is 0 Å². The fraction of sp³-hybridized carbons (Fsp3) is 0.214. The van der Waals surface area contributed by atoms with Gasteiger partial charge in [-0.1, -0.05) is 12.1 Å². The van der Waals surface area contributed by atoms with Crippen LogP contribution in [-0.2, 0) is 0 Å². The lowest BCUT2D eigenvalue weighted by Crippen LogP contribution is -2.17. The Morgan fingerprint density at radius 1 is 1.12 bits per heavy atom. The van der Waals surface area contributed by atoms with Crippen molar-refractivity contribution in [3.05, 3.63) is 65.2 Å². The molecule has 0 saturated heterocycles. The Hall–Kier alpha value is -1.74. The number of hydrogen-bond acceptors (Lipinski definition) is 2. The molecule has 2 nitrogen and oxygen atoms in total. The second kappa shape index (κ2) is 5.06. The normalized spacial score (nSPS) is 12.4. The summed E-state index contributed by atoms with van der Waals surface area (Å²) in [6, 6.07) is 9.18. The first-order valence-corrected chi connectivity index (χ1v) is 5.55. The average Bonchev–Trinajstić information content (AvgIpc) is 2.36. The fourth-order valence-electron chi connectivity index (χ4n) is 1.87. The SMILES string of the molecule is CNC(c1ccncc1)c1ccc(C)c(F)c1. The number of aromatic nitrogens is 1. The summed E-state index contributed by atoms with van der Waals surface area (Å²) in [4.78, 5) is 3.99. The third kappa shape index (κ3) is 2.50. The maximum atomic E-state index is 13.6. The van der Waals surface area contributed by atoms with Gasteiger partial charge in [0.1, 0.15) is 5.82 Å². The van der Waals surface area contributed by atoms with E-state index in [-0.39, 0.29) is 11.9 Å². The maximum Gasteiger partial charge on any atom is 0.126 e. The number of hydrogen-bond donors (Lipinski definition) is 1. The molecular weight excluding hydrogens is 215 g/mol. The van der Waals surface area contributed by atoms with Gasteiger partial charge < -0.3 is 5.32 Å². The Kier molecular flexibility index (Phi) is 3.49. The summed E-state index contributed by atoms with van der Waals surface area (Å²) in [6.07, 6.45) is 3.48. The largest absolute Gasteiger partial charge is 0.309 e. The van der Waals surface area contributed by atoms with Gasteiger partial charge in [0.2, 0.25) is 0 Å². The van der Waals surface area contributed by atoms with E-state index < -0.39 is 0 Å². The molecule has 1 unspecified atom stereocenters. The number of benzene rings is 1. The molecule has 17 heavy (non-hydrogen) atoms. The molecule has 0 amide bonds. The molecule has 3 heteroatoms. The maximum absolute atomic E-state index is 13.6.